The summed E-state index contributed by atoms with van der Waals surface area (Å²) >= 11 is 0. The second-order valence-electron chi connectivity index (χ2n) is 5.64. The van der Waals surface area contributed by atoms with Gasteiger partial charge in [-0.1, -0.05) is 0 Å². The van der Waals surface area contributed by atoms with E-state index in [9.17, 15) is 0 Å². The summed E-state index contributed by atoms with van der Waals surface area (Å²) < 4.78 is 10.6. The smallest absolute Gasteiger partial charge is 0.191 e. The molecule has 20 heavy (non-hydrogen) atoms. The highest BCUT2D eigenvalue weighted by Crippen LogP contribution is 2.48. The Labute approximate surface area is 123 Å². The zero-order valence-corrected chi connectivity index (χ0v) is 13.5. The third kappa shape index (κ3) is 6.57. The predicted molar refractivity (Wildman–Crippen MR) is 83.2 cm³/mol. The molecule has 1 rings (SSSR count). The van der Waals surface area contributed by atoms with Crippen molar-refractivity contribution in [3.8, 4) is 0 Å². The minimum absolute atomic E-state index is 0.261. The first-order valence-corrected chi connectivity index (χ1v) is 7.77. The third-order valence-corrected chi connectivity index (χ3v) is 3.65. The van der Waals surface area contributed by atoms with E-state index in [-0.39, 0.29) is 6.04 Å². The van der Waals surface area contributed by atoms with Gasteiger partial charge in [0, 0.05) is 39.5 Å². The summed E-state index contributed by atoms with van der Waals surface area (Å²) in [5.74, 6) is 0.889. The number of rotatable bonds is 10. The van der Waals surface area contributed by atoms with Gasteiger partial charge in [0.1, 0.15) is 0 Å². The topological polar surface area (TPSA) is 54.9 Å². The molecule has 1 saturated carbocycles. The van der Waals surface area contributed by atoms with Gasteiger partial charge in [0.15, 0.2) is 5.96 Å². The van der Waals surface area contributed by atoms with Crippen LogP contribution in [0.5, 0.6) is 0 Å². The highest BCUT2D eigenvalue weighted by Gasteiger charge is 2.41. The Kier molecular flexibility index (Phi) is 7.92. The number of hydrogen-bond donors (Lipinski definition) is 2. The summed E-state index contributed by atoms with van der Waals surface area (Å²) in [6.07, 6.45) is 3.67. The second-order valence-corrected chi connectivity index (χ2v) is 5.64. The van der Waals surface area contributed by atoms with E-state index >= 15 is 0 Å². The molecule has 0 radical (unpaired) electrons. The van der Waals surface area contributed by atoms with Gasteiger partial charge in [0.25, 0.3) is 0 Å². The molecule has 0 aromatic heterocycles. The fraction of sp³-hybridized carbons (Fsp3) is 0.933. The van der Waals surface area contributed by atoms with Gasteiger partial charge < -0.3 is 20.1 Å². The van der Waals surface area contributed by atoms with E-state index in [2.05, 4.69) is 24.5 Å². The second kappa shape index (κ2) is 9.19. The van der Waals surface area contributed by atoms with Gasteiger partial charge in [-0.05, 0) is 45.4 Å². The molecule has 1 aliphatic rings. The van der Waals surface area contributed by atoms with Crippen molar-refractivity contribution >= 4 is 5.96 Å². The van der Waals surface area contributed by atoms with Gasteiger partial charge in [0.05, 0.1) is 6.61 Å². The normalized spacial score (nSPS) is 18.7. The van der Waals surface area contributed by atoms with Crippen LogP contribution in [0.3, 0.4) is 0 Å². The standard InChI is InChI=1S/C15H31N3O2/c1-5-16-14(18-13(3)11-19-4)17-12-15(7-8-15)9-10-20-6-2/h13H,5-12H2,1-4H3,(H2,16,17,18). The van der Waals surface area contributed by atoms with Crippen molar-refractivity contribution in [2.75, 3.05) is 40.0 Å². The van der Waals surface area contributed by atoms with Crippen molar-refractivity contribution in [1.82, 2.24) is 10.6 Å². The number of nitrogens with one attached hydrogen (secondary N) is 2. The highest BCUT2D eigenvalue weighted by molar-refractivity contribution is 5.80. The van der Waals surface area contributed by atoms with Gasteiger partial charge >= 0.3 is 0 Å². The molecule has 0 heterocycles. The molecule has 1 aliphatic carbocycles. The minimum atomic E-state index is 0.261. The van der Waals surface area contributed by atoms with Crippen molar-refractivity contribution < 1.29 is 9.47 Å². The molecule has 5 heteroatoms. The van der Waals surface area contributed by atoms with Gasteiger partial charge in [-0.2, -0.15) is 0 Å². The first-order chi connectivity index (χ1) is 9.65. The summed E-state index contributed by atoms with van der Waals surface area (Å²) in [6.45, 7) is 10.3. The molecule has 2 N–H and O–H groups in total. The summed E-state index contributed by atoms with van der Waals surface area (Å²) in [4.78, 5) is 4.73. The van der Waals surface area contributed by atoms with Crippen molar-refractivity contribution in [2.24, 2.45) is 10.4 Å². The van der Waals surface area contributed by atoms with Crippen LogP contribution in [0.15, 0.2) is 4.99 Å². The van der Waals surface area contributed by atoms with Crippen LogP contribution in [0.4, 0.5) is 0 Å². The van der Waals surface area contributed by atoms with Crippen LogP contribution in [0, 0.1) is 5.41 Å². The first-order valence-electron chi connectivity index (χ1n) is 7.77. The molecule has 0 aromatic rings. The molecule has 118 valence electrons. The van der Waals surface area contributed by atoms with E-state index in [1.165, 1.54) is 12.8 Å². The van der Waals surface area contributed by atoms with Crippen molar-refractivity contribution in [1.29, 1.82) is 0 Å². The largest absolute Gasteiger partial charge is 0.383 e. The number of ether oxygens (including phenoxy) is 2. The molecule has 0 spiro atoms. The van der Waals surface area contributed by atoms with Crippen molar-refractivity contribution in [3.05, 3.63) is 0 Å². The number of aliphatic imine (C=N–C) groups is 1. The molecular weight excluding hydrogens is 254 g/mol. The van der Waals surface area contributed by atoms with E-state index in [0.29, 0.717) is 12.0 Å². The lowest BCUT2D eigenvalue weighted by Crippen LogP contribution is -2.44. The van der Waals surface area contributed by atoms with E-state index in [4.69, 9.17) is 14.5 Å². The Hall–Kier alpha value is -0.810. The van der Waals surface area contributed by atoms with Crippen LogP contribution in [-0.2, 0) is 9.47 Å². The first kappa shape index (κ1) is 17.2. The van der Waals surface area contributed by atoms with E-state index in [1.54, 1.807) is 7.11 Å². The highest BCUT2D eigenvalue weighted by atomic mass is 16.5. The molecule has 0 saturated heterocycles. The van der Waals surface area contributed by atoms with Crippen LogP contribution in [0.1, 0.15) is 40.0 Å². The molecule has 0 aromatic carbocycles. The summed E-state index contributed by atoms with van der Waals surface area (Å²) in [5.41, 5.74) is 0.391. The minimum Gasteiger partial charge on any atom is -0.383 e. The van der Waals surface area contributed by atoms with Gasteiger partial charge in [-0.15, -0.1) is 0 Å². The van der Waals surface area contributed by atoms with Crippen LogP contribution >= 0.6 is 0 Å². The number of nitrogens with zero attached hydrogens (tertiary/aromatic N) is 1. The number of hydrogen-bond acceptors (Lipinski definition) is 3. The lowest BCUT2D eigenvalue weighted by atomic mass is 10.0. The Morgan fingerprint density at radius 3 is 2.65 bits per heavy atom. The van der Waals surface area contributed by atoms with Crippen molar-refractivity contribution in [3.63, 3.8) is 0 Å². The quantitative estimate of drug-likeness (QED) is 0.365. The number of guanidine groups is 1. The van der Waals surface area contributed by atoms with E-state index in [0.717, 1.165) is 38.7 Å². The molecular formula is C15H31N3O2. The molecule has 1 atom stereocenters. The predicted octanol–water partition coefficient (Wildman–Crippen LogP) is 1.78. The van der Waals surface area contributed by atoms with Crippen LogP contribution in [-0.4, -0.2) is 52.0 Å². The monoisotopic (exact) mass is 285 g/mol. The fourth-order valence-electron chi connectivity index (χ4n) is 2.19. The number of methoxy groups -OCH3 is 1. The zero-order chi connectivity index (χ0) is 14.8. The SMILES string of the molecule is CCNC(=NCC1(CCOCC)CC1)NC(C)COC. The maximum Gasteiger partial charge on any atom is 0.191 e. The summed E-state index contributed by atoms with van der Waals surface area (Å²) in [6, 6.07) is 0.261. The maximum absolute atomic E-state index is 5.46. The van der Waals surface area contributed by atoms with Crippen LogP contribution < -0.4 is 10.6 Å². The van der Waals surface area contributed by atoms with Crippen LogP contribution in [0.2, 0.25) is 0 Å². The average molecular weight is 285 g/mol. The maximum atomic E-state index is 5.46. The Balaban J connectivity index is 2.41. The summed E-state index contributed by atoms with van der Waals surface area (Å²) in [7, 11) is 1.72. The Morgan fingerprint density at radius 1 is 1.35 bits per heavy atom. The zero-order valence-electron chi connectivity index (χ0n) is 13.5. The van der Waals surface area contributed by atoms with Gasteiger partial charge in [-0.25, -0.2) is 0 Å². The van der Waals surface area contributed by atoms with E-state index < -0.39 is 0 Å². The molecule has 1 unspecified atom stereocenters. The van der Waals surface area contributed by atoms with Gasteiger partial charge in [0.2, 0.25) is 0 Å². The molecule has 5 nitrogen and oxygen atoms in total. The lowest BCUT2D eigenvalue weighted by molar-refractivity contribution is 0.129. The molecule has 0 aliphatic heterocycles. The van der Waals surface area contributed by atoms with Crippen LogP contribution in [0.25, 0.3) is 0 Å². The Morgan fingerprint density at radius 2 is 2.10 bits per heavy atom. The fourth-order valence-corrected chi connectivity index (χ4v) is 2.19. The lowest BCUT2D eigenvalue weighted by Gasteiger charge is -2.18. The molecule has 0 bridgehead atoms. The van der Waals surface area contributed by atoms with E-state index in [1.807, 2.05) is 6.92 Å². The average Bonchev–Trinajstić information content (AvgIpc) is 3.17. The summed E-state index contributed by atoms with van der Waals surface area (Å²) in [5, 5.41) is 6.66. The molecule has 1 fully saturated rings. The Bertz CT molecular complexity index is 291. The third-order valence-electron chi connectivity index (χ3n) is 3.65. The van der Waals surface area contributed by atoms with Crippen molar-refractivity contribution in [2.45, 2.75) is 46.1 Å². The van der Waals surface area contributed by atoms with Gasteiger partial charge in [-0.3, -0.25) is 4.99 Å². The molecule has 0 amide bonds.